The van der Waals surface area contributed by atoms with Gasteiger partial charge in [0.1, 0.15) is 5.82 Å². The lowest BCUT2D eigenvalue weighted by molar-refractivity contribution is 0.319. The third-order valence-electron chi connectivity index (χ3n) is 4.52. The van der Waals surface area contributed by atoms with Gasteiger partial charge in [-0.3, -0.25) is 4.57 Å². The highest BCUT2D eigenvalue weighted by Gasteiger charge is 2.39. The van der Waals surface area contributed by atoms with Crippen molar-refractivity contribution >= 4 is 0 Å². The summed E-state index contributed by atoms with van der Waals surface area (Å²) in [6.45, 7) is 5.07. The van der Waals surface area contributed by atoms with Crippen LogP contribution in [-0.2, 0) is 6.54 Å². The van der Waals surface area contributed by atoms with Gasteiger partial charge in [-0.2, -0.15) is 0 Å². The summed E-state index contributed by atoms with van der Waals surface area (Å²) in [6.07, 6.45) is 3.69. The first kappa shape index (κ1) is 13.3. The van der Waals surface area contributed by atoms with E-state index in [1.54, 1.807) is 0 Å². The Balaban J connectivity index is 2.11. The Morgan fingerprint density at radius 3 is 2.60 bits per heavy atom. The Morgan fingerprint density at radius 1 is 1.25 bits per heavy atom. The van der Waals surface area contributed by atoms with E-state index >= 15 is 0 Å². The standard InChI is InChI=1S/C16H22N4/c1-16(2)10-6-9-13(16)15-19-18-14(11-17)20(15)12-7-4-3-5-8-12/h3-5,7-8,13H,6,9-11,17H2,1-2H3. The molecule has 3 rings (SSSR count). The molecule has 1 aromatic heterocycles. The minimum atomic E-state index is 0.283. The van der Waals surface area contributed by atoms with Crippen molar-refractivity contribution in [2.24, 2.45) is 11.1 Å². The van der Waals surface area contributed by atoms with Crippen LogP contribution >= 0.6 is 0 Å². The Bertz CT molecular complexity index is 586. The zero-order chi connectivity index (χ0) is 14.2. The van der Waals surface area contributed by atoms with E-state index in [2.05, 4.69) is 40.7 Å². The molecule has 0 saturated heterocycles. The van der Waals surface area contributed by atoms with E-state index in [1.165, 1.54) is 19.3 Å². The van der Waals surface area contributed by atoms with E-state index in [-0.39, 0.29) is 5.41 Å². The molecule has 1 aliphatic carbocycles. The molecule has 0 bridgehead atoms. The van der Waals surface area contributed by atoms with Crippen molar-refractivity contribution in [1.82, 2.24) is 14.8 Å². The van der Waals surface area contributed by atoms with Gasteiger partial charge in [-0.05, 0) is 30.4 Å². The molecule has 4 heteroatoms. The largest absolute Gasteiger partial charge is 0.324 e. The van der Waals surface area contributed by atoms with Gasteiger partial charge in [-0.25, -0.2) is 0 Å². The highest BCUT2D eigenvalue weighted by molar-refractivity contribution is 5.35. The minimum Gasteiger partial charge on any atom is -0.324 e. The Morgan fingerprint density at radius 2 is 2.00 bits per heavy atom. The van der Waals surface area contributed by atoms with Crippen LogP contribution in [0.1, 0.15) is 50.7 Å². The fourth-order valence-corrected chi connectivity index (χ4v) is 3.35. The van der Waals surface area contributed by atoms with E-state index < -0.39 is 0 Å². The summed E-state index contributed by atoms with van der Waals surface area (Å²) in [5, 5.41) is 8.78. The summed E-state index contributed by atoms with van der Waals surface area (Å²) >= 11 is 0. The first-order valence-electron chi connectivity index (χ1n) is 7.33. The molecule has 106 valence electrons. The van der Waals surface area contributed by atoms with Crippen molar-refractivity contribution in [2.75, 3.05) is 0 Å². The van der Waals surface area contributed by atoms with E-state index in [0.29, 0.717) is 12.5 Å². The number of rotatable bonds is 3. The van der Waals surface area contributed by atoms with Crippen LogP contribution in [0.3, 0.4) is 0 Å². The Hall–Kier alpha value is -1.68. The number of nitrogens with two attached hydrogens (primary N) is 1. The van der Waals surface area contributed by atoms with Crippen molar-refractivity contribution < 1.29 is 0 Å². The van der Waals surface area contributed by atoms with Crippen LogP contribution in [0.2, 0.25) is 0 Å². The zero-order valence-corrected chi connectivity index (χ0v) is 12.2. The summed E-state index contributed by atoms with van der Waals surface area (Å²) < 4.78 is 2.15. The summed E-state index contributed by atoms with van der Waals surface area (Å²) in [4.78, 5) is 0. The van der Waals surface area contributed by atoms with Gasteiger partial charge in [0.05, 0.1) is 6.54 Å². The van der Waals surface area contributed by atoms with Gasteiger partial charge in [0.25, 0.3) is 0 Å². The summed E-state index contributed by atoms with van der Waals surface area (Å²) in [6, 6.07) is 10.3. The Labute approximate surface area is 120 Å². The maximum Gasteiger partial charge on any atom is 0.151 e. The van der Waals surface area contributed by atoms with Crippen molar-refractivity contribution in [2.45, 2.75) is 45.6 Å². The highest BCUT2D eigenvalue weighted by Crippen LogP contribution is 2.48. The minimum absolute atomic E-state index is 0.283. The monoisotopic (exact) mass is 270 g/mol. The van der Waals surface area contributed by atoms with Crippen molar-refractivity contribution in [3.8, 4) is 5.69 Å². The van der Waals surface area contributed by atoms with Gasteiger partial charge in [0.2, 0.25) is 0 Å². The number of nitrogens with zero attached hydrogens (tertiary/aromatic N) is 3. The molecule has 0 radical (unpaired) electrons. The molecule has 2 aromatic rings. The van der Waals surface area contributed by atoms with Crippen LogP contribution in [-0.4, -0.2) is 14.8 Å². The smallest absolute Gasteiger partial charge is 0.151 e. The predicted octanol–water partition coefficient (Wildman–Crippen LogP) is 3.02. The van der Waals surface area contributed by atoms with Gasteiger partial charge < -0.3 is 5.73 Å². The van der Waals surface area contributed by atoms with E-state index in [1.807, 2.05) is 18.2 Å². The van der Waals surface area contributed by atoms with Crippen LogP contribution in [0.15, 0.2) is 30.3 Å². The number of aromatic nitrogens is 3. The number of benzene rings is 1. The SMILES string of the molecule is CC1(C)CCCC1c1nnc(CN)n1-c1ccccc1. The lowest BCUT2D eigenvalue weighted by atomic mass is 9.81. The lowest BCUT2D eigenvalue weighted by Crippen LogP contribution is -2.20. The number of hydrogen-bond acceptors (Lipinski definition) is 3. The second-order valence-electron chi connectivity index (χ2n) is 6.28. The summed E-state index contributed by atoms with van der Waals surface area (Å²) in [5.41, 5.74) is 7.23. The quantitative estimate of drug-likeness (QED) is 0.932. The first-order valence-corrected chi connectivity index (χ1v) is 7.33. The molecule has 1 saturated carbocycles. The molecule has 20 heavy (non-hydrogen) atoms. The molecule has 1 heterocycles. The van der Waals surface area contributed by atoms with Crippen LogP contribution in [0.4, 0.5) is 0 Å². The van der Waals surface area contributed by atoms with Crippen LogP contribution in [0.5, 0.6) is 0 Å². The number of para-hydroxylation sites is 1. The van der Waals surface area contributed by atoms with Gasteiger partial charge in [0.15, 0.2) is 5.82 Å². The molecule has 0 amide bonds. The molecule has 2 N–H and O–H groups in total. The van der Waals surface area contributed by atoms with Gasteiger partial charge in [-0.1, -0.05) is 38.5 Å². The molecule has 0 spiro atoms. The number of hydrogen-bond donors (Lipinski definition) is 1. The highest BCUT2D eigenvalue weighted by atomic mass is 15.3. The maximum absolute atomic E-state index is 5.84. The van der Waals surface area contributed by atoms with E-state index in [9.17, 15) is 0 Å². The summed E-state index contributed by atoms with van der Waals surface area (Å²) in [7, 11) is 0. The lowest BCUT2D eigenvalue weighted by Gasteiger charge is -2.26. The normalized spacial score (nSPS) is 21.2. The fraction of sp³-hybridized carbons (Fsp3) is 0.500. The molecular formula is C16H22N4. The van der Waals surface area contributed by atoms with Crippen molar-refractivity contribution in [1.29, 1.82) is 0 Å². The van der Waals surface area contributed by atoms with Crippen LogP contribution < -0.4 is 5.73 Å². The van der Waals surface area contributed by atoms with Crippen molar-refractivity contribution in [3.05, 3.63) is 42.0 Å². The summed E-state index contributed by atoms with van der Waals surface area (Å²) in [5.74, 6) is 2.36. The zero-order valence-electron chi connectivity index (χ0n) is 12.2. The molecular weight excluding hydrogens is 248 g/mol. The molecule has 1 unspecified atom stereocenters. The molecule has 1 fully saturated rings. The predicted molar refractivity (Wildman–Crippen MR) is 79.6 cm³/mol. The molecule has 4 nitrogen and oxygen atoms in total. The topological polar surface area (TPSA) is 56.7 Å². The Kier molecular flexibility index (Phi) is 3.34. The van der Waals surface area contributed by atoms with E-state index in [0.717, 1.165) is 17.3 Å². The second-order valence-corrected chi connectivity index (χ2v) is 6.28. The van der Waals surface area contributed by atoms with Crippen LogP contribution in [0.25, 0.3) is 5.69 Å². The van der Waals surface area contributed by atoms with E-state index in [4.69, 9.17) is 5.73 Å². The molecule has 1 aliphatic rings. The second kappa shape index (κ2) is 5.02. The molecule has 1 atom stereocenters. The third kappa shape index (κ3) is 2.14. The molecule has 1 aromatic carbocycles. The van der Waals surface area contributed by atoms with Crippen molar-refractivity contribution in [3.63, 3.8) is 0 Å². The third-order valence-corrected chi connectivity index (χ3v) is 4.52. The van der Waals surface area contributed by atoms with Gasteiger partial charge in [0, 0.05) is 11.6 Å². The van der Waals surface area contributed by atoms with Crippen LogP contribution in [0, 0.1) is 5.41 Å². The maximum atomic E-state index is 5.84. The fourth-order valence-electron chi connectivity index (χ4n) is 3.35. The average molecular weight is 270 g/mol. The molecule has 0 aliphatic heterocycles. The average Bonchev–Trinajstić information content (AvgIpc) is 3.01. The van der Waals surface area contributed by atoms with Gasteiger partial charge in [-0.15, -0.1) is 10.2 Å². The first-order chi connectivity index (χ1) is 9.63. The van der Waals surface area contributed by atoms with Gasteiger partial charge >= 0.3 is 0 Å².